The first-order valence-corrected chi connectivity index (χ1v) is 9.05. The molecule has 9 heteroatoms. The summed E-state index contributed by atoms with van der Waals surface area (Å²) in [6, 6.07) is 4.00. The molecule has 0 aliphatic carbocycles. The third-order valence-corrected chi connectivity index (χ3v) is 4.52. The number of fused-ring (bicyclic) bond motifs is 1. The molecule has 4 rings (SSSR count). The molecule has 0 radical (unpaired) electrons. The molecular weight excluding hydrogens is 344 g/mol. The zero-order valence-electron chi connectivity index (χ0n) is 15.4. The Labute approximate surface area is 156 Å². The molecule has 1 fully saturated rings. The fourth-order valence-electron chi connectivity index (χ4n) is 3.08. The van der Waals surface area contributed by atoms with Gasteiger partial charge >= 0.3 is 6.03 Å². The Morgan fingerprint density at radius 2 is 2.22 bits per heavy atom. The van der Waals surface area contributed by atoms with E-state index in [9.17, 15) is 4.79 Å². The second kappa shape index (κ2) is 7.18. The Bertz CT molecular complexity index is 953. The van der Waals surface area contributed by atoms with Crippen molar-refractivity contribution in [2.45, 2.75) is 19.9 Å². The number of hydrogen-bond donors (Lipinski definition) is 2. The summed E-state index contributed by atoms with van der Waals surface area (Å²) < 4.78 is 2.02. The molecule has 0 unspecified atom stereocenters. The first-order valence-electron chi connectivity index (χ1n) is 9.05. The zero-order valence-corrected chi connectivity index (χ0v) is 15.4. The minimum absolute atomic E-state index is 0.0234. The number of carbonyl (C=O) groups excluding carboxylic acids is 1. The van der Waals surface area contributed by atoms with Gasteiger partial charge in [0, 0.05) is 50.2 Å². The Balaban J connectivity index is 1.66. The number of nitrogens with zero attached hydrogens (tertiary/aromatic N) is 6. The molecule has 0 aromatic carbocycles. The fourth-order valence-corrected chi connectivity index (χ4v) is 3.08. The Hall–Kier alpha value is -3.23. The molecular formula is C18H22N8O. The van der Waals surface area contributed by atoms with E-state index in [2.05, 4.69) is 39.4 Å². The second-order valence-electron chi connectivity index (χ2n) is 6.70. The number of pyridine rings is 1. The van der Waals surface area contributed by atoms with Crippen LogP contribution in [0.1, 0.15) is 19.9 Å². The topological polar surface area (TPSA) is 101 Å². The first kappa shape index (κ1) is 17.2. The van der Waals surface area contributed by atoms with Crippen LogP contribution >= 0.6 is 0 Å². The zero-order chi connectivity index (χ0) is 18.8. The maximum Gasteiger partial charge on any atom is 0.317 e. The molecule has 4 heterocycles. The highest BCUT2D eigenvalue weighted by Crippen LogP contribution is 2.25. The Morgan fingerprint density at radius 3 is 2.93 bits per heavy atom. The van der Waals surface area contributed by atoms with Gasteiger partial charge in [-0.25, -0.2) is 19.7 Å². The average molecular weight is 366 g/mol. The SMILES string of the molecule is CC(C)n1cnc2c(NCCN3CCNC3=O)nc(-c3cccnc3)nc21. The molecule has 2 N–H and O–H groups in total. The van der Waals surface area contributed by atoms with Crippen molar-refractivity contribution < 1.29 is 4.79 Å². The monoisotopic (exact) mass is 366 g/mol. The van der Waals surface area contributed by atoms with E-state index in [1.54, 1.807) is 23.6 Å². The molecule has 9 nitrogen and oxygen atoms in total. The quantitative estimate of drug-likeness (QED) is 0.691. The van der Waals surface area contributed by atoms with Crippen LogP contribution in [0.5, 0.6) is 0 Å². The smallest absolute Gasteiger partial charge is 0.317 e. The van der Waals surface area contributed by atoms with Crippen LogP contribution < -0.4 is 10.6 Å². The van der Waals surface area contributed by atoms with Crippen molar-refractivity contribution in [1.29, 1.82) is 0 Å². The first-order chi connectivity index (χ1) is 13.1. The third kappa shape index (κ3) is 3.40. The molecule has 1 saturated heterocycles. The minimum atomic E-state index is -0.0234. The number of imidazole rings is 1. The molecule has 27 heavy (non-hydrogen) atoms. The van der Waals surface area contributed by atoms with E-state index in [4.69, 9.17) is 4.98 Å². The Morgan fingerprint density at radius 1 is 1.33 bits per heavy atom. The summed E-state index contributed by atoms with van der Waals surface area (Å²) in [6.07, 6.45) is 5.26. The van der Waals surface area contributed by atoms with Crippen LogP contribution in [-0.4, -0.2) is 61.6 Å². The van der Waals surface area contributed by atoms with Gasteiger partial charge in [-0.05, 0) is 26.0 Å². The van der Waals surface area contributed by atoms with Gasteiger partial charge in [-0.2, -0.15) is 0 Å². The maximum absolute atomic E-state index is 11.7. The van der Waals surface area contributed by atoms with Gasteiger partial charge in [-0.1, -0.05) is 0 Å². The van der Waals surface area contributed by atoms with Gasteiger partial charge in [0.15, 0.2) is 17.3 Å². The molecule has 0 atom stereocenters. The number of amides is 2. The number of anilines is 1. The van der Waals surface area contributed by atoms with Gasteiger partial charge in [0.1, 0.15) is 5.52 Å². The summed E-state index contributed by atoms with van der Waals surface area (Å²) >= 11 is 0. The lowest BCUT2D eigenvalue weighted by Gasteiger charge is -2.15. The number of urea groups is 1. The molecule has 0 spiro atoms. The van der Waals surface area contributed by atoms with Crippen molar-refractivity contribution in [3.8, 4) is 11.4 Å². The number of hydrogen-bond acceptors (Lipinski definition) is 6. The molecule has 0 saturated carbocycles. The minimum Gasteiger partial charge on any atom is -0.366 e. The van der Waals surface area contributed by atoms with Crippen LogP contribution in [0.15, 0.2) is 30.9 Å². The maximum atomic E-state index is 11.7. The van der Waals surface area contributed by atoms with Crippen LogP contribution in [0.2, 0.25) is 0 Å². The van der Waals surface area contributed by atoms with Crippen LogP contribution in [-0.2, 0) is 0 Å². The number of nitrogens with one attached hydrogen (secondary N) is 2. The van der Waals surface area contributed by atoms with E-state index in [0.29, 0.717) is 31.3 Å². The number of carbonyl (C=O) groups is 1. The highest BCUT2D eigenvalue weighted by atomic mass is 16.2. The van der Waals surface area contributed by atoms with Gasteiger partial charge in [0.05, 0.1) is 6.33 Å². The van der Waals surface area contributed by atoms with Crippen LogP contribution in [0, 0.1) is 0 Å². The van der Waals surface area contributed by atoms with Gasteiger partial charge < -0.3 is 20.1 Å². The summed E-state index contributed by atoms with van der Waals surface area (Å²) in [4.78, 5) is 31.5. The van der Waals surface area contributed by atoms with Crippen LogP contribution in [0.4, 0.5) is 10.6 Å². The van der Waals surface area contributed by atoms with Gasteiger partial charge in [-0.3, -0.25) is 4.98 Å². The third-order valence-electron chi connectivity index (χ3n) is 4.52. The molecule has 3 aromatic rings. The van der Waals surface area contributed by atoms with Crippen molar-refractivity contribution in [1.82, 2.24) is 34.7 Å². The lowest BCUT2D eigenvalue weighted by molar-refractivity contribution is 0.219. The second-order valence-corrected chi connectivity index (χ2v) is 6.70. The van der Waals surface area contributed by atoms with Crippen LogP contribution in [0.25, 0.3) is 22.6 Å². The van der Waals surface area contributed by atoms with Crippen molar-refractivity contribution in [2.75, 3.05) is 31.5 Å². The molecule has 0 bridgehead atoms. The summed E-state index contributed by atoms with van der Waals surface area (Å²) in [7, 11) is 0. The van der Waals surface area contributed by atoms with E-state index < -0.39 is 0 Å². The van der Waals surface area contributed by atoms with Crippen LogP contribution in [0.3, 0.4) is 0 Å². The lowest BCUT2D eigenvalue weighted by Crippen LogP contribution is -2.32. The largest absolute Gasteiger partial charge is 0.366 e. The summed E-state index contributed by atoms with van der Waals surface area (Å²) in [5, 5.41) is 6.13. The molecule has 1 aliphatic heterocycles. The van der Waals surface area contributed by atoms with E-state index >= 15 is 0 Å². The van der Waals surface area contributed by atoms with Crippen molar-refractivity contribution in [3.63, 3.8) is 0 Å². The van der Waals surface area contributed by atoms with Crippen molar-refractivity contribution in [2.24, 2.45) is 0 Å². The molecule has 3 aromatic heterocycles. The molecule has 1 aliphatic rings. The number of rotatable bonds is 6. The average Bonchev–Trinajstić information content (AvgIpc) is 3.29. The Kier molecular flexibility index (Phi) is 4.57. The standard InChI is InChI=1S/C18H22N8O/c1-12(2)26-11-22-14-16(20-6-8-25-9-7-21-18(25)27)23-15(24-17(14)26)13-4-3-5-19-10-13/h3-5,10-12H,6-9H2,1-2H3,(H,21,27)(H,20,23,24). The van der Waals surface area contributed by atoms with Gasteiger partial charge in [0.25, 0.3) is 0 Å². The highest BCUT2D eigenvalue weighted by molar-refractivity contribution is 5.85. The van der Waals surface area contributed by atoms with E-state index in [1.165, 1.54) is 0 Å². The summed E-state index contributed by atoms with van der Waals surface area (Å²) in [5.74, 6) is 1.26. The highest BCUT2D eigenvalue weighted by Gasteiger charge is 2.19. The fraction of sp³-hybridized carbons (Fsp3) is 0.389. The van der Waals surface area contributed by atoms with Crippen molar-refractivity contribution in [3.05, 3.63) is 30.9 Å². The molecule has 140 valence electrons. The summed E-state index contributed by atoms with van der Waals surface area (Å²) in [5.41, 5.74) is 2.35. The predicted octanol–water partition coefficient (Wildman–Crippen LogP) is 1.91. The van der Waals surface area contributed by atoms with E-state index in [-0.39, 0.29) is 12.1 Å². The normalized spacial score (nSPS) is 14.2. The predicted molar refractivity (Wildman–Crippen MR) is 102 cm³/mol. The van der Waals surface area contributed by atoms with E-state index in [1.807, 2.05) is 16.7 Å². The van der Waals surface area contributed by atoms with Gasteiger partial charge in [-0.15, -0.1) is 0 Å². The molecule has 2 amide bonds. The van der Waals surface area contributed by atoms with Gasteiger partial charge in [0.2, 0.25) is 0 Å². The summed E-state index contributed by atoms with van der Waals surface area (Å²) in [6.45, 7) is 6.78. The van der Waals surface area contributed by atoms with Crippen molar-refractivity contribution >= 4 is 23.0 Å². The number of aromatic nitrogens is 5. The lowest BCUT2D eigenvalue weighted by atomic mass is 10.2. The van der Waals surface area contributed by atoms with E-state index in [0.717, 1.165) is 23.3 Å².